The predicted octanol–water partition coefficient (Wildman–Crippen LogP) is 1.40. The molecule has 6 nitrogen and oxygen atoms in total. The first-order valence-corrected chi connectivity index (χ1v) is 8.88. The summed E-state index contributed by atoms with van der Waals surface area (Å²) in [6.07, 6.45) is 2.79. The second-order valence-electron chi connectivity index (χ2n) is 5.31. The SMILES string of the molecule is CCCNCc1ccc(S(=O)(=O)NCCCCN(C)C)o1. The smallest absolute Gasteiger partial charge is 0.273 e. The number of hydrogen-bond donors (Lipinski definition) is 2. The van der Waals surface area contributed by atoms with Gasteiger partial charge in [0.2, 0.25) is 5.09 Å². The van der Waals surface area contributed by atoms with Crippen molar-refractivity contribution in [3.8, 4) is 0 Å². The third-order valence-electron chi connectivity index (χ3n) is 2.95. The van der Waals surface area contributed by atoms with Gasteiger partial charge in [-0.3, -0.25) is 0 Å². The molecule has 0 unspecified atom stereocenters. The molecule has 0 saturated carbocycles. The first-order valence-electron chi connectivity index (χ1n) is 7.39. The highest BCUT2D eigenvalue weighted by molar-refractivity contribution is 7.89. The quantitative estimate of drug-likeness (QED) is 0.604. The zero-order chi connectivity index (χ0) is 15.7. The highest BCUT2D eigenvalue weighted by Gasteiger charge is 2.17. The second-order valence-corrected chi connectivity index (χ2v) is 7.00. The van der Waals surface area contributed by atoms with Gasteiger partial charge >= 0.3 is 0 Å². The molecule has 0 atom stereocenters. The number of nitrogens with one attached hydrogen (secondary N) is 2. The van der Waals surface area contributed by atoms with Crippen LogP contribution in [0.15, 0.2) is 21.6 Å². The Morgan fingerprint density at radius 2 is 1.95 bits per heavy atom. The molecule has 0 aromatic carbocycles. The summed E-state index contributed by atoms with van der Waals surface area (Å²) < 4.78 is 32.0. The molecule has 0 spiro atoms. The molecule has 1 aromatic rings. The minimum Gasteiger partial charge on any atom is -0.447 e. The molecule has 0 amide bonds. The van der Waals surface area contributed by atoms with Crippen LogP contribution in [0.4, 0.5) is 0 Å². The average Bonchev–Trinajstić information content (AvgIpc) is 2.88. The standard InChI is InChI=1S/C14H27N3O3S/c1-4-9-15-12-13-7-8-14(20-13)21(18,19)16-10-5-6-11-17(2)3/h7-8,15-16H,4-6,9-12H2,1-3H3. The van der Waals surface area contributed by atoms with Gasteiger partial charge in [0.05, 0.1) is 6.54 Å². The number of furan rings is 1. The molecule has 7 heteroatoms. The Morgan fingerprint density at radius 3 is 2.62 bits per heavy atom. The van der Waals surface area contributed by atoms with E-state index in [0.29, 0.717) is 18.8 Å². The molecule has 21 heavy (non-hydrogen) atoms. The highest BCUT2D eigenvalue weighted by Crippen LogP contribution is 2.13. The van der Waals surface area contributed by atoms with Crippen LogP contribution in [0.5, 0.6) is 0 Å². The molecule has 0 aliphatic heterocycles. The Bertz CT molecular complexity index is 497. The van der Waals surface area contributed by atoms with Crippen LogP contribution in [0.1, 0.15) is 31.9 Å². The van der Waals surface area contributed by atoms with Crippen LogP contribution in [-0.4, -0.2) is 47.0 Å². The van der Waals surface area contributed by atoms with Gasteiger partial charge in [0, 0.05) is 6.54 Å². The summed E-state index contributed by atoms with van der Waals surface area (Å²) in [4.78, 5) is 2.08. The maximum absolute atomic E-state index is 12.0. The van der Waals surface area contributed by atoms with E-state index in [0.717, 1.165) is 32.4 Å². The number of rotatable bonds is 11. The number of hydrogen-bond acceptors (Lipinski definition) is 5. The summed E-state index contributed by atoms with van der Waals surface area (Å²) in [6.45, 7) is 4.89. The summed E-state index contributed by atoms with van der Waals surface area (Å²) in [5, 5.41) is 3.16. The van der Waals surface area contributed by atoms with Gasteiger partial charge in [-0.15, -0.1) is 0 Å². The largest absolute Gasteiger partial charge is 0.447 e. The first-order chi connectivity index (χ1) is 9.95. The van der Waals surface area contributed by atoms with E-state index in [1.165, 1.54) is 6.07 Å². The van der Waals surface area contributed by atoms with Gasteiger partial charge in [0.25, 0.3) is 10.0 Å². The van der Waals surface area contributed by atoms with E-state index in [1.54, 1.807) is 6.07 Å². The lowest BCUT2D eigenvalue weighted by Crippen LogP contribution is -2.25. The van der Waals surface area contributed by atoms with Crippen LogP contribution in [0.2, 0.25) is 0 Å². The topological polar surface area (TPSA) is 74.6 Å². The Hall–Kier alpha value is -0.890. The summed E-state index contributed by atoms with van der Waals surface area (Å²) in [7, 11) is 0.473. The van der Waals surface area contributed by atoms with Crippen molar-refractivity contribution >= 4 is 10.0 Å². The van der Waals surface area contributed by atoms with Crippen molar-refractivity contribution in [3.63, 3.8) is 0 Å². The monoisotopic (exact) mass is 317 g/mol. The third-order valence-corrected chi connectivity index (χ3v) is 4.29. The van der Waals surface area contributed by atoms with Crippen molar-refractivity contribution in [2.24, 2.45) is 0 Å². The third kappa shape index (κ3) is 7.08. The molecule has 1 heterocycles. The summed E-state index contributed by atoms with van der Waals surface area (Å²) in [6, 6.07) is 3.20. The molecule has 122 valence electrons. The normalized spacial score (nSPS) is 12.2. The maximum Gasteiger partial charge on any atom is 0.273 e. The van der Waals surface area contributed by atoms with Crippen LogP contribution in [0, 0.1) is 0 Å². The van der Waals surface area contributed by atoms with E-state index >= 15 is 0 Å². The number of sulfonamides is 1. The molecule has 0 aliphatic rings. The Morgan fingerprint density at radius 1 is 1.19 bits per heavy atom. The van der Waals surface area contributed by atoms with Crippen LogP contribution in [-0.2, 0) is 16.6 Å². The Balaban J connectivity index is 2.39. The van der Waals surface area contributed by atoms with Crippen molar-refractivity contribution in [2.45, 2.75) is 37.8 Å². The molecule has 0 radical (unpaired) electrons. The second kappa shape index (κ2) is 9.19. The number of nitrogens with zero attached hydrogens (tertiary/aromatic N) is 1. The average molecular weight is 317 g/mol. The van der Waals surface area contributed by atoms with Gasteiger partial charge in [-0.25, -0.2) is 13.1 Å². The van der Waals surface area contributed by atoms with Crippen LogP contribution < -0.4 is 10.0 Å². The van der Waals surface area contributed by atoms with Crippen molar-refractivity contribution < 1.29 is 12.8 Å². The van der Waals surface area contributed by atoms with Crippen LogP contribution in [0.25, 0.3) is 0 Å². The highest BCUT2D eigenvalue weighted by atomic mass is 32.2. The zero-order valence-electron chi connectivity index (χ0n) is 13.2. The fourth-order valence-corrected chi connectivity index (χ4v) is 2.84. The number of unbranched alkanes of at least 4 members (excludes halogenated alkanes) is 1. The molecule has 0 bridgehead atoms. The fraction of sp³-hybridized carbons (Fsp3) is 0.714. The zero-order valence-corrected chi connectivity index (χ0v) is 14.0. The van der Waals surface area contributed by atoms with Crippen molar-refractivity contribution in [1.82, 2.24) is 14.9 Å². The van der Waals surface area contributed by atoms with Crippen molar-refractivity contribution in [2.75, 3.05) is 33.7 Å². The van der Waals surface area contributed by atoms with Crippen LogP contribution in [0.3, 0.4) is 0 Å². The Kier molecular flexibility index (Phi) is 7.95. The van der Waals surface area contributed by atoms with E-state index in [1.807, 2.05) is 14.1 Å². The van der Waals surface area contributed by atoms with Gasteiger partial charge < -0.3 is 14.6 Å². The fourth-order valence-electron chi connectivity index (χ4n) is 1.82. The van der Waals surface area contributed by atoms with E-state index < -0.39 is 10.0 Å². The summed E-state index contributed by atoms with van der Waals surface area (Å²) in [5.74, 6) is 0.636. The first kappa shape index (κ1) is 18.2. The van der Waals surface area contributed by atoms with Crippen molar-refractivity contribution in [1.29, 1.82) is 0 Å². The lowest BCUT2D eigenvalue weighted by molar-refractivity contribution is 0.391. The molecule has 1 aromatic heterocycles. The summed E-state index contributed by atoms with van der Waals surface area (Å²) >= 11 is 0. The molecule has 2 N–H and O–H groups in total. The minimum absolute atomic E-state index is 0.0107. The van der Waals surface area contributed by atoms with E-state index in [2.05, 4.69) is 21.9 Å². The minimum atomic E-state index is -3.53. The van der Waals surface area contributed by atoms with Gasteiger partial charge in [-0.1, -0.05) is 6.92 Å². The molecule has 0 saturated heterocycles. The Labute approximate surface area is 127 Å². The van der Waals surface area contributed by atoms with E-state index in [9.17, 15) is 8.42 Å². The van der Waals surface area contributed by atoms with Gasteiger partial charge in [0.1, 0.15) is 5.76 Å². The van der Waals surface area contributed by atoms with Gasteiger partial charge in [0.15, 0.2) is 0 Å². The molecular formula is C14H27N3O3S. The maximum atomic E-state index is 12.0. The molecule has 1 rings (SSSR count). The van der Waals surface area contributed by atoms with Gasteiger partial charge in [-0.2, -0.15) is 0 Å². The van der Waals surface area contributed by atoms with Gasteiger partial charge in [-0.05, 0) is 58.6 Å². The lowest BCUT2D eigenvalue weighted by atomic mass is 10.3. The van der Waals surface area contributed by atoms with Crippen LogP contribution >= 0.6 is 0 Å². The predicted molar refractivity (Wildman–Crippen MR) is 83.7 cm³/mol. The van der Waals surface area contributed by atoms with Crippen molar-refractivity contribution in [3.05, 3.63) is 17.9 Å². The molecule has 0 aliphatic carbocycles. The van der Waals surface area contributed by atoms with E-state index in [-0.39, 0.29) is 5.09 Å². The lowest BCUT2D eigenvalue weighted by Gasteiger charge is -2.09. The molecular weight excluding hydrogens is 290 g/mol. The molecule has 0 fully saturated rings. The summed E-state index contributed by atoms with van der Waals surface area (Å²) in [5.41, 5.74) is 0. The van der Waals surface area contributed by atoms with E-state index in [4.69, 9.17) is 4.42 Å².